The highest BCUT2D eigenvalue weighted by atomic mass is 31.2. The van der Waals surface area contributed by atoms with Crippen LogP contribution in [0.4, 0.5) is 0 Å². The molecule has 0 aromatic heterocycles. The van der Waals surface area contributed by atoms with Gasteiger partial charge in [-0.3, -0.25) is 32.5 Å². The zero-order chi connectivity index (χ0) is 66.7. The van der Waals surface area contributed by atoms with Crippen molar-refractivity contribution in [3.05, 3.63) is 134 Å². The van der Waals surface area contributed by atoms with Crippen molar-refractivity contribution in [2.24, 2.45) is 0 Å². The first-order valence-corrected chi connectivity index (χ1v) is 37.5. The zero-order valence-corrected chi connectivity index (χ0v) is 58.0. The summed E-state index contributed by atoms with van der Waals surface area (Å²) in [5, 5.41) is 20.5. The number of unbranched alkanes of at least 4 members (excludes halogenated alkanes) is 19. The molecule has 0 radical (unpaired) electrons. The first-order chi connectivity index (χ1) is 44.2. The van der Waals surface area contributed by atoms with E-state index >= 15 is 0 Å². The van der Waals surface area contributed by atoms with Gasteiger partial charge in [-0.15, -0.1) is 0 Å². The number of hydrogen-bond donors (Lipinski definition) is 4. The molecule has 0 bridgehead atoms. The minimum Gasteiger partial charge on any atom is -0.463 e. The molecule has 0 heterocycles. The molecule has 0 saturated carbocycles. The molecule has 91 heavy (non-hydrogen) atoms. The molecule has 0 spiro atoms. The number of phosphoric acid groups is 2. The quantitative estimate of drug-likeness (QED) is 0.0146. The Balaban J connectivity index is 4.63. The Morgan fingerprint density at radius 3 is 0.967 bits per heavy atom. The average molecular weight is 1320 g/mol. The highest BCUT2D eigenvalue weighted by Gasteiger charge is 2.29. The van der Waals surface area contributed by atoms with E-state index in [0.717, 1.165) is 135 Å². The van der Waals surface area contributed by atoms with Crippen molar-refractivity contribution in [3.8, 4) is 0 Å². The Bertz CT molecular complexity index is 2190. The molecule has 0 rings (SSSR count). The molecule has 5 unspecified atom stereocenters. The van der Waals surface area contributed by atoms with Gasteiger partial charge >= 0.3 is 33.6 Å². The predicted molar refractivity (Wildman–Crippen MR) is 371 cm³/mol. The molecule has 0 aliphatic carbocycles. The third kappa shape index (κ3) is 66.9. The second-order valence-corrected chi connectivity index (χ2v) is 25.5. The number of phosphoric ester groups is 2. The molecule has 5 atom stereocenters. The van der Waals surface area contributed by atoms with Gasteiger partial charge in [0.05, 0.1) is 26.4 Å². The van der Waals surface area contributed by atoms with Crippen LogP contribution < -0.4 is 0 Å². The first kappa shape index (κ1) is 86.7. The van der Waals surface area contributed by atoms with Gasteiger partial charge in [0.2, 0.25) is 0 Å². The van der Waals surface area contributed by atoms with Crippen LogP contribution in [0.1, 0.15) is 252 Å². The van der Waals surface area contributed by atoms with Gasteiger partial charge in [-0.2, -0.15) is 0 Å². The van der Waals surface area contributed by atoms with Gasteiger partial charge in [0, 0.05) is 19.3 Å². The van der Waals surface area contributed by atoms with Crippen molar-refractivity contribution in [2.45, 2.75) is 270 Å². The molecule has 520 valence electrons. The number of carbonyl (C=O) groups excluding carboxylic acids is 3. The van der Waals surface area contributed by atoms with Crippen LogP contribution in [-0.2, 0) is 55.8 Å². The van der Waals surface area contributed by atoms with Gasteiger partial charge < -0.3 is 34.2 Å². The Labute approximate surface area is 550 Å². The fourth-order valence-corrected chi connectivity index (χ4v) is 10.3. The van der Waals surface area contributed by atoms with Crippen LogP contribution in [0, 0.1) is 0 Å². The molecule has 0 saturated heterocycles. The van der Waals surface area contributed by atoms with Crippen LogP contribution in [0.3, 0.4) is 0 Å². The second kappa shape index (κ2) is 65.7. The van der Waals surface area contributed by atoms with Crippen LogP contribution in [0.25, 0.3) is 0 Å². The summed E-state index contributed by atoms with van der Waals surface area (Å²) in [6.45, 7) is 2.34. The number of allylic oxidation sites excluding steroid dienone is 22. The lowest BCUT2D eigenvalue weighted by Crippen LogP contribution is -2.30. The second-order valence-electron chi connectivity index (χ2n) is 22.6. The number of ether oxygens (including phenoxy) is 3. The van der Waals surface area contributed by atoms with Crippen molar-refractivity contribution < 1.29 is 75.8 Å². The van der Waals surface area contributed by atoms with Gasteiger partial charge in [-0.1, -0.05) is 257 Å². The van der Waals surface area contributed by atoms with Crippen LogP contribution in [0.5, 0.6) is 0 Å². The Kier molecular flexibility index (Phi) is 62.6. The lowest BCUT2D eigenvalue weighted by Gasteiger charge is -2.21. The largest absolute Gasteiger partial charge is 0.472 e. The van der Waals surface area contributed by atoms with E-state index in [2.05, 4.69) is 142 Å². The number of carbonyl (C=O) groups is 3. The van der Waals surface area contributed by atoms with Crippen molar-refractivity contribution >= 4 is 33.6 Å². The van der Waals surface area contributed by atoms with E-state index in [9.17, 15) is 43.5 Å². The summed E-state index contributed by atoms with van der Waals surface area (Å²) in [5.74, 6) is -1.66. The van der Waals surface area contributed by atoms with E-state index in [1.54, 1.807) is 0 Å². The third-order valence-electron chi connectivity index (χ3n) is 13.9. The average Bonchev–Trinajstić information content (AvgIpc) is 3.75. The Morgan fingerprint density at radius 1 is 0.319 bits per heavy atom. The number of hydrogen-bond acceptors (Lipinski definition) is 14. The molecule has 0 aliphatic rings. The van der Waals surface area contributed by atoms with Gasteiger partial charge in [0.1, 0.15) is 25.4 Å². The fraction of sp³-hybridized carbons (Fsp3) is 0.658. The number of aliphatic hydroxyl groups is 2. The smallest absolute Gasteiger partial charge is 0.463 e. The summed E-state index contributed by atoms with van der Waals surface area (Å²) >= 11 is 0. The summed E-state index contributed by atoms with van der Waals surface area (Å²) in [7, 11) is -9.80. The molecule has 18 heteroatoms. The van der Waals surface area contributed by atoms with Crippen molar-refractivity contribution in [1.29, 1.82) is 0 Å². The normalized spacial score (nSPS) is 15.0. The summed E-state index contributed by atoms with van der Waals surface area (Å²) in [6, 6.07) is 0. The van der Waals surface area contributed by atoms with Crippen molar-refractivity contribution in [3.63, 3.8) is 0 Å². The lowest BCUT2D eigenvalue weighted by atomic mass is 10.0. The molecular formula is C73H122O16P2. The molecule has 0 aromatic carbocycles. The Hall–Kier alpha value is -4.31. The summed E-state index contributed by atoms with van der Waals surface area (Å²) in [6.07, 6.45) is 76.6. The number of esters is 3. The van der Waals surface area contributed by atoms with E-state index in [4.69, 9.17) is 32.3 Å². The molecule has 0 aromatic rings. The summed E-state index contributed by atoms with van der Waals surface area (Å²) in [5.41, 5.74) is 0. The van der Waals surface area contributed by atoms with E-state index in [1.807, 2.05) is 12.2 Å². The van der Waals surface area contributed by atoms with E-state index in [-0.39, 0.29) is 19.3 Å². The maximum atomic E-state index is 12.9. The molecule has 4 N–H and O–H groups in total. The minimum atomic E-state index is -4.94. The lowest BCUT2D eigenvalue weighted by molar-refractivity contribution is -0.161. The maximum absolute atomic E-state index is 12.9. The van der Waals surface area contributed by atoms with Crippen LogP contribution >= 0.6 is 15.6 Å². The highest BCUT2D eigenvalue weighted by molar-refractivity contribution is 7.47. The van der Waals surface area contributed by atoms with E-state index in [0.29, 0.717) is 25.7 Å². The monoisotopic (exact) mass is 1320 g/mol. The standard InChI is InChI=1S/C73H122O16P2/c1-4-7-10-13-16-19-22-25-27-29-30-31-32-33-34-35-36-38-40-42-44-47-50-53-56-59-71(76)83-62-68(74)63-85-90(79,80)86-64-69(75)65-87-91(81,82)88-67-70(89-73(78)61-58-55-52-49-46-41-24-21-18-15-12-9-6-3)66-84-72(77)60-57-54-51-48-45-43-39-37-28-26-23-20-17-14-11-8-5-2/h7-8,10-11,16-17,19-20,25-28,30-31,33-34,36,38-39,43,48,51,68-70,74-75H,4-6,9,12-15,18,21-24,29,32,35,37,40-42,44-47,49-50,52-67H2,1-3H3,(H,79,80)(H,81,82)/b10-7-,11-8-,19-16-,20-17-,27-25-,28-26-,31-30-,34-33-,38-36-,43-39-,51-48-. The topological polar surface area (TPSA) is 231 Å². The number of aliphatic hydroxyl groups excluding tert-OH is 2. The first-order valence-electron chi connectivity index (χ1n) is 34.5. The summed E-state index contributed by atoms with van der Waals surface area (Å²) in [4.78, 5) is 58.3. The molecular weight excluding hydrogens is 1190 g/mol. The third-order valence-corrected chi connectivity index (χ3v) is 15.8. The minimum absolute atomic E-state index is 0.0905. The van der Waals surface area contributed by atoms with Crippen LogP contribution in [0.15, 0.2) is 134 Å². The van der Waals surface area contributed by atoms with Gasteiger partial charge in [-0.25, -0.2) is 9.13 Å². The molecule has 0 amide bonds. The van der Waals surface area contributed by atoms with Gasteiger partial charge in [0.25, 0.3) is 0 Å². The van der Waals surface area contributed by atoms with Crippen molar-refractivity contribution in [2.75, 3.05) is 39.6 Å². The number of rotatable bonds is 64. The van der Waals surface area contributed by atoms with Gasteiger partial charge in [0.15, 0.2) is 6.10 Å². The van der Waals surface area contributed by atoms with E-state index < -0.39 is 91.5 Å². The Morgan fingerprint density at radius 2 is 0.593 bits per heavy atom. The summed E-state index contributed by atoms with van der Waals surface area (Å²) < 4.78 is 60.8. The molecule has 0 fully saturated rings. The highest BCUT2D eigenvalue weighted by Crippen LogP contribution is 2.45. The zero-order valence-electron chi connectivity index (χ0n) is 56.2. The van der Waals surface area contributed by atoms with Crippen LogP contribution in [0.2, 0.25) is 0 Å². The fourth-order valence-electron chi connectivity index (χ4n) is 8.67. The van der Waals surface area contributed by atoms with Crippen molar-refractivity contribution in [1.82, 2.24) is 0 Å². The maximum Gasteiger partial charge on any atom is 0.472 e. The van der Waals surface area contributed by atoms with Crippen LogP contribution in [-0.4, -0.2) is 95.9 Å². The van der Waals surface area contributed by atoms with Gasteiger partial charge in [-0.05, 0) is 109 Å². The molecule has 16 nitrogen and oxygen atoms in total. The van der Waals surface area contributed by atoms with E-state index in [1.165, 1.54) is 51.4 Å². The molecule has 0 aliphatic heterocycles. The predicted octanol–water partition coefficient (Wildman–Crippen LogP) is 19.2. The SMILES string of the molecule is CC/C=C\C/C=C\C/C=C\C/C=C\C/C=C\C/C=C\CCCCCCCCC(=O)OCC(O)COP(=O)(O)OCC(O)COP(=O)(O)OCC(COC(=O)CCC/C=C\C/C=C\C/C=C\C/C=C\C/C=C\CC)OC(=O)CCCCCCCCCCCCCCC.